The molecular weight excluding hydrogens is 301 g/mol. The van der Waals surface area contributed by atoms with Crippen LogP contribution in [0.25, 0.3) is 0 Å². The van der Waals surface area contributed by atoms with Gasteiger partial charge in [-0.15, -0.1) is 0 Å². The summed E-state index contributed by atoms with van der Waals surface area (Å²) >= 11 is 11.8. The van der Waals surface area contributed by atoms with Gasteiger partial charge in [-0.1, -0.05) is 35.3 Å². The zero-order valence-electron chi connectivity index (χ0n) is 10.3. The van der Waals surface area contributed by atoms with E-state index in [1.807, 2.05) is 0 Å². The molecule has 104 valence electrons. The lowest BCUT2D eigenvalue weighted by molar-refractivity contribution is -0.143. The Hall–Kier alpha value is -1.62. The fourth-order valence-corrected chi connectivity index (χ4v) is 2.05. The molecule has 4 nitrogen and oxygen atoms in total. The lowest BCUT2D eigenvalue weighted by Gasteiger charge is -2.12. The van der Waals surface area contributed by atoms with E-state index in [0.717, 1.165) is 5.56 Å². The van der Waals surface area contributed by atoms with Crippen LogP contribution in [-0.2, 0) is 11.2 Å². The van der Waals surface area contributed by atoms with E-state index in [1.165, 1.54) is 0 Å². The Bertz CT molecular complexity index is 584. The van der Waals surface area contributed by atoms with Crippen LogP contribution >= 0.6 is 23.2 Å². The largest absolute Gasteiger partial charge is 0.421 e. The van der Waals surface area contributed by atoms with Crippen molar-refractivity contribution >= 4 is 29.2 Å². The molecule has 1 atom stereocenters. The number of aliphatic hydroxyl groups excluding tert-OH is 1. The van der Waals surface area contributed by atoms with Gasteiger partial charge in [0.05, 0.1) is 10.0 Å². The Kier molecular flexibility index (Phi) is 4.95. The maximum atomic E-state index is 11.8. The summed E-state index contributed by atoms with van der Waals surface area (Å²) in [5.74, 6) is -0.769. The highest BCUT2D eigenvalue weighted by atomic mass is 35.5. The molecular formula is C14H11Cl2NO3. The standard InChI is InChI=1S/C14H11Cl2NO3/c15-10-4-1-5-11(16)13(10)20-14(19)12(18)7-9-3-2-6-17-8-9/h1-6,8,12,18H,7H2. The molecule has 0 fully saturated rings. The number of para-hydroxylation sites is 1. The number of aromatic nitrogens is 1. The van der Waals surface area contributed by atoms with Crippen molar-refractivity contribution in [3.05, 3.63) is 58.3 Å². The minimum Gasteiger partial charge on any atom is -0.421 e. The first-order valence-corrected chi connectivity index (χ1v) is 6.56. The summed E-state index contributed by atoms with van der Waals surface area (Å²) in [6, 6.07) is 8.20. The molecule has 0 aliphatic heterocycles. The van der Waals surface area contributed by atoms with Crippen molar-refractivity contribution in [3.63, 3.8) is 0 Å². The number of esters is 1. The lowest BCUT2D eigenvalue weighted by atomic mass is 10.1. The number of hydrogen-bond acceptors (Lipinski definition) is 4. The number of rotatable bonds is 4. The Morgan fingerprint density at radius 3 is 2.55 bits per heavy atom. The van der Waals surface area contributed by atoms with E-state index in [0.29, 0.717) is 0 Å². The molecule has 20 heavy (non-hydrogen) atoms. The molecule has 0 saturated heterocycles. The van der Waals surface area contributed by atoms with Gasteiger partial charge in [0, 0.05) is 18.8 Å². The highest BCUT2D eigenvalue weighted by molar-refractivity contribution is 6.37. The van der Waals surface area contributed by atoms with Crippen molar-refractivity contribution < 1.29 is 14.6 Å². The predicted octanol–water partition coefficient (Wildman–Crippen LogP) is 2.90. The van der Waals surface area contributed by atoms with E-state index in [-0.39, 0.29) is 22.2 Å². The third-order valence-electron chi connectivity index (χ3n) is 2.55. The summed E-state index contributed by atoms with van der Waals surface area (Å²) in [7, 11) is 0. The van der Waals surface area contributed by atoms with Crippen molar-refractivity contribution in [2.24, 2.45) is 0 Å². The van der Waals surface area contributed by atoms with Gasteiger partial charge in [-0.25, -0.2) is 4.79 Å². The van der Waals surface area contributed by atoms with E-state index in [1.54, 1.807) is 42.7 Å². The number of halogens is 2. The number of carbonyl (C=O) groups is 1. The molecule has 1 N–H and O–H groups in total. The molecule has 1 aromatic carbocycles. The molecule has 0 spiro atoms. The number of carbonyl (C=O) groups excluding carboxylic acids is 1. The molecule has 0 aliphatic rings. The van der Waals surface area contributed by atoms with E-state index in [9.17, 15) is 9.90 Å². The van der Waals surface area contributed by atoms with Crippen LogP contribution < -0.4 is 4.74 Å². The molecule has 0 bridgehead atoms. The number of benzene rings is 1. The van der Waals surface area contributed by atoms with Gasteiger partial charge in [-0.3, -0.25) is 4.98 Å². The van der Waals surface area contributed by atoms with E-state index in [2.05, 4.69) is 4.98 Å². The van der Waals surface area contributed by atoms with Gasteiger partial charge in [0.1, 0.15) is 0 Å². The van der Waals surface area contributed by atoms with Crippen molar-refractivity contribution in [2.45, 2.75) is 12.5 Å². The molecule has 0 radical (unpaired) electrons. The van der Waals surface area contributed by atoms with Crippen molar-refractivity contribution in [2.75, 3.05) is 0 Å². The average Bonchev–Trinajstić information content (AvgIpc) is 2.44. The molecule has 0 saturated carbocycles. The second kappa shape index (κ2) is 6.70. The Morgan fingerprint density at radius 2 is 1.95 bits per heavy atom. The summed E-state index contributed by atoms with van der Waals surface area (Å²) < 4.78 is 5.04. The van der Waals surface area contributed by atoms with Gasteiger partial charge in [0.25, 0.3) is 0 Å². The highest BCUT2D eigenvalue weighted by Gasteiger charge is 2.20. The summed E-state index contributed by atoms with van der Waals surface area (Å²) in [4.78, 5) is 15.7. The van der Waals surface area contributed by atoms with E-state index in [4.69, 9.17) is 27.9 Å². The van der Waals surface area contributed by atoms with Crippen LogP contribution in [0.1, 0.15) is 5.56 Å². The smallest absolute Gasteiger partial charge is 0.340 e. The fraction of sp³-hybridized carbons (Fsp3) is 0.143. The van der Waals surface area contributed by atoms with Gasteiger partial charge in [0.15, 0.2) is 11.9 Å². The first-order valence-electron chi connectivity index (χ1n) is 5.80. The number of hydrogen-bond donors (Lipinski definition) is 1. The summed E-state index contributed by atoms with van der Waals surface area (Å²) in [6.45, 7) is 0. The predicted molar refractivity (Wildman–Crippen MR) is 76.0 cm³/mol. The maximum Gasteiger partial charge on any atom is 0.340 e. The molecule has 2 rings (SSSR count). The summed E-state index contributed by atoms with van der Waals surface area (Å²) in [5.41, 5.74) is 0.724. The SMILES string of the molecule is O=C(Oc1c(Cl)cccc1Cl)C(O)Cc1cccnc1. The lowest BCUT2D eigenvalue weighted by Crippen LogP contribution is -2.28. The summed E-state index contributed by atoms with van der Waals surface area (Å²) in [6.07, 6.45) is 1.97. The quantitative estimate of drug-likeness (QED) is 0.696. The maximum absolute atomic E-state index is 11.8. The van der Waals surface area contributed by atoms with Crippen LogP contribution in [0.4, 0.5) is 0 Å². The number of aliphatic hydroxyl groups is 1. The normalized spacial score (nSPS) is 11.9. The third kappa shape index (κ3) is 3.70. The first kappa shape index (κ1) is 14.8. The van der Waals surface area contributed by atoms with Gasteiger partial charge >= 0.3 is 5.97 Å². The second-order valence-corrected chi connectivity index (χ2v) is 4.87. The van der Waals surface area contributed by atoms with Crippen LogP contribution in [0.15, 0.2) is 42.7 Å². The average molecular weight is 312 g/mol. The Labute approximate surface area is 125 Å². The fourth-order valence-electron chi connectivity index (χ4n) is 1.57. The molecule has 1 aromatic heterocycles. The van der Waals surface area contributed by atoms with Crippen LogP contribution in [-0.4, -0.2) is 22.2 Å². The zero-order valence-corrected chi connectivity index (χ0v) is 11.8. The van der Waals surface area contributed by atoms with Gasteiger partial charge in [-0.05, 0) is 23.8 Å². The molecule has 1 unspecified atom stereocenters. The first-order chi connectivity index (χ1) is 9.58. The molecule has 6 heteroatoms. The minimum atomic E-state index is -1.31. The Balaban J connectivity index is 2.05. The zero-order chi connectivity index (χ0) is 14.5. The Morgan fingerprint density at radius 1 is 1.25 bits per heavy atom. The minimum absolute atomic E-state index is 0.0473. The van der Waals surface area contributed by atoms with E-state index < -0.39 is 12.1 Å². The van der Waals surface area contributed by atoms with Crippen molar-refractivity contribution in [3.8, 4) is 5.75 Å². The van der Waals surface area contributed by atoms with Crippen LogP contribution in [0.2, 0.25) is 10.0 Å². The van der Waals surface area contributed by atoms with E-state index >= 15 is 0 Å². The van der Waals surface area contributed by atoms with Crippen LogP contribution in [0, 0.1) is 0 Å². The van der Waals surface area contributed by atoms with Crippen LogP contribution in [0.5, 0.6) is 5.75 Å². The van der Waals surface area contributed by atoms with Gasteiger partial charge in [-0.2, -0.15) is 0 Å². The molecule has 0 aliphatic carbocycles. The number of ether oxygens (including phenoxy) is 1. The van der Waals surface area contributed by atoms with Gasteiger partial charge in [0.2, 0.25) is 0 Å². The third-order valence-corrected chi connectivity index (χ3v) is 3.14. The van der Waals surface area contributed by atoms with Crippen molar-refractivity contribution in [1.29, 1.82) is 0 Å². The monoisotopic (exact) mass is 311 g/mol. The topological polar surface area (TPSA) is 59.4 Å². The van der Waals surface area contributed by atoms with Gasteiger partial charge < -0.3 is 9.84 Å². The summed E-state index contributed by atoms with van der Waals surface area (Å²) in [5, 5.41) is 10.2. The second-order valence-electron chi connectivity index (χ2n) is 4.05. The van der Waals surface area contributed by atoms with Crippen molar-refractivity contribution in [1.82, 2.24) is 4.98 Å². The highest BCUT2D eigenvalue weighted by Crippen LogP contribution is 2.32. The molecule has 1 heterocycles. The molecule has 2 aromatic rings. The number of nitrogens with zero attached hydrogens (tertiary/aromatic N) is 1. The molecule has 0 amide bonds. The number of pyridine rings is 1. The van der Waals surface area contributed by atoms with Crippen LogP contribution in [0.3, 0.4) is 0 Å².